The molecule has 2 aromatic rings. The molecule has 1 saturated heterocycles. The van der Waals surface area contributed by atoms with Gasteiger partial charge in [-0.2, -0.15) is 0 Å². The summed E-state index contributed by atoms with van der Waals surface area (Å²) in [6, 6.07) is 16.2. The Kier molecular flexibility index (Phi) is 5.02. The van der Waals surface area contributed by atoms with Crippen LogP contribution in [0.4, 0.5) is 11.4 Å². The van der Waals surface area contributed by atoms with Crippen molar-refractivity contribution in [3.05, 3.63) is 60.2 Å². The minimum Gasteiger partial charge on any atom is -0.338 e. The van der Waals surface area contributed by atoms with Gasteiger partial charge in [0.25, 0.3) is 0 Å². The Morgan fingerprint density at radius 1 is 1.00 bits per heavy atom. The van der Waals surface area contributed by atoms with Gasteiger partial charge in [-0.25, -0.2) is 0 Å². The average Bonchev–Trinajstić information content (AvgIpc) is 2.91. The Hall–Kier alpha value is -3.15. The van der Waals surface area contributed by atoms with E-state index in [-0.39, 0.29) is 30.2 Å². The van der Waals surface area contributed by atoms with Crippen molar-refractivity contribution in [1.29, 1.82) is 0 Å². The Labute approximate surface area is 152 Å². The number of anilines is 2. The largest absolute Gasteiger partial charge is 0.338 e. The smallest absolute Gasteiger partial charge is 0.230 e. The molecule has 3 amide bonds. The molecular formula is C20H21N3O3. The van der Waals surface area contributed by atoms with E-state index in [1.165, 1.54) is 6.92 Å². The second-order valence-corrected chi connectivity index (χ2v) is 6.42. The number of nitrogens with zero attached hydrogens (tertiary/aromatic N) is 1. The van der Waals surface area contributed by atoms with Crippen LogP contribution in [0.3, 0.4) is 0 Å². The van der Waals surface area contributed by atoms with E-state index in [9.17, 15) is 14.4 Å². The molecule has 0 saturated carbocycles. The predicted molar refractivity (Wildman–Crippen MR) is 99.4 cm³/mol. The summed E-state index contributed by atoms with van der Waals surface area (Å²) in [7, 11) is 1.73. The van der Waals surface area contributed by atoms with Gasteiger partial charge in [0.15, 0.2) is 0 Å². The Morgan fingerprint density at radius 3 is 2.31 bits per heavy atom. The quantitative estimate of drug-likeness (QED) is 0.889. The minimum absolute atomic E-state index is 0.0500. The van der Waals surface area contributed by atoms with Crippen LogP contribution < -0.4 is 10.6 Å². The first-order valence-electron chi connectivity index (χ1n) is 8.45. The van der Waals surface area contributed by atoms with Gasteiger partial charge < -0.3 is 15.5 Å². The third-order valence-electron chi connectivity index (χ3n) is 4.51. The number of benzene rings is 2. The van der Waals surface area contributed by atoms with E-state index < -0.39 is 5.92 Å². The van der Waals surface area contributed by atoms with Crippen molar-refractivity contribution in [2.75, 3.05) is 17.7 Å². The first kappa shape index (κ1) is 17.7. The zero-order chi connectivity index (χ0) is 18.7. The minimum atomic E-state index is -0.473. The number of hydrogen-bond acceptors (Lipinski definition) is 3. The highest BCUT2D eigenvalue weighted by Gasteiger charge is 2.42. The number of likely N-dealkylation sites (tertiary alicyclic amines) is 1. The maximum absolute atomic E-state index is 12.8. The topological polar surface area (TPSA) is 78.5 Å². The highest BCUT2D eigenvalue weighted by molar-refractivity contribution is 5.98. The van der Waals surface area contributed by atoms with E-state index in [1.54, 1.807) is 36.2 Å². The summed E-state index contributed by atoms with van der Waals surface area (Å²) in [6.45, 7) is 1.43. The number of hydrogen-bond donors (Lipinski definition) is 2. The van der Waals surface area contributed by atoms with Gasteiger partial charge in [-0.3, -0.25) is 14.4 Å². The fraction of sp³-hybridized carbons (Fsp3) is 0.250. The lowest BCUT2D eigenvalue weighted by Crippen LogP contribution is -2.30. The summed E-state index contributed by atoms with van der Waals surface area (Å²) in [5.74, 6) is -0.914. The zero-order valence-corrected chi connectivity index (χ0v) is 14.7. The van der Waals surface area contributed by atoms with Crippen LogP contribution in [0.2, 0.25) is 0 Å². The number of nitrogens with one attached hydrogen (secondary N) is 2. The Balaban J connectivity index is 1.80. The second-order valence-electron chi connectivity index (χ2n) is 6.42. The van der Waals surface area contributed by atoms with Gasteiger partial charge in [0, 0.05) is 31.8 Å². The number of carbonyl (C=O) groups is 3. The fourth-order valence-electron chi connectivity index (χ4n) is 3.32. The highest BCUT2D eigenvalue weighted by Crippen LogP contribution is 2.37. The van der Waals surface area contributed by atoms with Crippen LogP contribution in [0.25, 0.3) is 0 Å². The van der Waals surface area contributed by atoms with E-state index in [4.69, 9.17) is 0 Å². The molecule has 2 atom stereocenters. The monoisotopic (exact) mass is 351 g/mol. The molecule has 1 heterocycles. The van der Waals surface area contributed by atoms with Crippen LogP contribution in [0.15, 0.2) is 54.6 Å². The summed E-state index contributed by atoms with van der Waals surface area (Å²) in [4.78, 5) is 37.9. The molecule has 2 aromatic carbocycles. The molecule has 6 nitrogen and oxygen atoms in total. The molecule has 0 aliphatic carbocycles. The number of amides is 3. The molecule has 3 rings (SSSR count). The van der Waals surface area contributed by atoms with Crippen molar-refractivity contribution in [1.82, 2.24) is 4.90 Å². The SMILES string of the molecule is CC(=O)Nc1cccc(NC(=O)[C@H]2CC(=O)N(C)[C@H]2c2ccccc2)c1. The summed E-state index contributed by atoms with van der Waals surface area (Å²) >= 11 is 0. The molecule has 0 bridgehead atoms. The molecule has 134 valence electrons. The van der Waals surface area contributed by atoms with E-state index in [0.29, 0.717) is 11.4 Å². The summed E-state index contributed by atoms with van der Waals surface area (Å²) in [5.41, 5.74) is 2.12. The van der Waals surface area contributed by atoms with Gasteiger partial charge in [0.2, 0.25) is 17.7 Å². The number of rotatable bonds is 4. The first-order valence-corrected chi connectivity index (χ1v) is 8.45. The maximum Gasteiger partial charge on any atom is 0.230 e. The predicted octanol–water partition coefficient (Wildman–Crippen LogP) is 2.80. The Bertz CT molecular complexity index is 835. The summed E-state index contributed by atoms with van der Waals surface area (Å²) in [5, 5.41) is 5.55. The molecule has 6 heteroatoms. The van der Waals surface area contributed by atoms with E-state index in [1.807, 2.05) is 30.3 Å². The van der Waals surface area contributed by atoms with E-state index in [0.717, 1.165) is 5.56 Å². The molecule has 2 N–H and O–H groups in total. The molecule has 1 aliphatic heterocycles. The molecule has 0 aromatic heterocycles. The summed E-state index contributed by atoms with van der Waals surface area (Å²) < 4.78 is 0. The Morgan fingerprint density at radius 2 is 1.65 bits per heavy atom. The van der Waals surface area contributed by atoms with Gasteiger partial charge in [-0.05, 0) is 23.8 Å². The van der Waals surface area contributed by atoms with Crippen LogP contribution >= 0.6 is 0 Å². The molecular weight excluding hydrogens is 330 g/mol. The van der Waals surface area contributed by atoms with Crippen molar-refractivity contribution in [3.63, 3.8) is 0 Å². The van der Waals surface area contributed by atoms with Gasteiger partial charge >= 0.3 is 0 Å². The average molecular weight is 351 g/mol. The van der Waals surface area contributed by atoms with Gasteiger partial charge in [-0.1, -0.05) is 36.4 Å². The lowest BCUT2D eigenvalue weighted by Gasteiger charge is -2.25. The zero-order valence-electron chi connectivity index (χ0n) is 14.7. The summed E-state index contributed by atoms with van der Waals surface area (Å²) in [6.07, 6.45) is 0.174. The van der Waals surface area contributed by atoms with Gasteiger partial charge in [0.1, 0.15) is 0 Å². The molecule has 0 spiro atoms. The van der Waals surface area contributed by atoms with Crippen LogP contribution in [-0.4, -0.2) is 29.7 Å². The van der Waals surface area contributed by atoms with Crippen molar-refractivity contribution in [2.45, 2.75) is 19.4 Å². The lowest BCUT2D eigenvalue weighted by atomic mass is 9.93. The highest BCUT2D eigenvalue weighted by atomic mass is 16.2. The van der Waals surface area contributed by atoms with Crippen LogP contribution in [0, 0.1) is 5.92 Å². The van der Waals surface area contributed by atoms with Crippen LogP contribution in [-0.2, 0) is 14.4 Å². The lowest BCUT2D eigenvalue weighted by molar-refractivity contribution is -0.128. The normalized spacial score (nSPS) is 19.3. The molecule has 26 heavy (non-hydrogen) atoms. The third-order valence-corrected chi connectivity index (χ3v) is 4.51. The molecule has 1 aliphatic rings. The van der Waals surface area contributed by atoms with Crippen molar-refractivity contribution in [3.8, 4) is 0 Å². The van der Waals surface area contributed by atoms with Crippen LogP contribution in [0.1, 0.15) is 24.9 Å². The standard InChI is InChI=1S/C20H21N3O3/c1-13(24)21-15-9-6-10-16(11-15)22-20(26)17-12-18(25)23(2)19(17)14-7-4-3-5-8-14/h3-11,17,19H,12H2,1-2H3,(H,21,24)(H,22,26)/t17-,19-/m0/s1. The van der Waals surface area contributed by atoms with Crippen molar-refractivity contribution in [2.24, 2.45) is 5.92 Å². The third kappa shape index (κ3) is 3.74. The van der Waals surface area contributed by atoms with Gasteiger partial charge in [-0.15, -0.1) is 0 Å². The first-order chi connectivity index (χ1) is 12.5. The van der Waals surface area contributed by atoms with E-state index in [2.05, 4.69) is 10.6 Å². The fourth-order valence-corrected chi connectivity index (χ4v) is 3.32. The molecule has 0 radical (unpaired) electrons. The van der Waals surface area contributed by atoms with E-state index >= 15 is 0 Å². The molecule has 0 unspecified atom stereocenters. The van der Waals surface area contributed by atoms with Crippen molar-refractivity contribution >= 4 is 29.1 Å². The maximum atomic E-state index is 12.8. The number of carbonyl (C=O) groups excluding carboxylic acids is 3. The van der Waals surface area contributed by atoms with Crippen LogP contribution in [0.5, 0.6) is 0 Å². The second kappa shape index (κ2) is 7.39. The van der Waals surface area contributed by atoms with Gasteiger partial charge in [0.05, 0.1) is 12.0 Å². The molecule has 1 fully saturated rings. The van der Waals surface area contributed by atoms with Crippen molar-refractivity contribution < 1.29 is 14.4 Å².